The van der Waals surface area contributed by atoms with Crippen molar-refractivity contribution in [3.05, 3.63) is 47.7 Å². The number of ketones is 1. The molecule has 0 spiro atoms. The van der Waals surface area contributed by atoms with Crippen LogP contribution in [0.15, 0.2) is 42.0 Å². The molecule has 1 atom stereocenters. The molecule has 2 aromatic heterocycles. The second kappa shape index (κ2) is 4.31. The van der Waals surface area contributed by atoms with E-state index in [4.69, 9.17) is 0 Å². The van der Waals surface area contributed by atoms with Gasteiger partial charge < -0.3 is 5.32 Å². The fourth-order valence-electron chi connectivity index (χ4n) is 2.41. The molecule has 0 saturated carbocycles. The van der Waals surface area contributed by atoms with Gasteiger partial charge in [-0.3, -0.25) is 4.79 Å². The van der Waals surface area contributed by atoms with Crippen molar-refractivity contribution < 1.29 is 9.78 Å². The van der Waals surface area contributed by atoms with E-state index in [0.29, 0.717) is 11.5 Å². The van der Waals surface area contributed by atoms with E-state index in [2.05, 4.69) is 20.4 Å². The average molecular weight is 256 g/mol. The minimum Gasteiger partial charge on any atom is -0.328 e. The number of hydrogen-bond donors (Lipinski definition) is 1. The van der Waals surface area contributed by atoms with Crippen molar-refractivity contribution in [3.8, 4) is 0 Å². The Balaban J connectivity index is 2.21. The highest BCUT2D eigenvalue weighted by molar-refractivity contribution is 5.96. The molecule has 0 amide bonds. The van der Waals surface area contributed by atoms with Gasteiger partial charge in [-0.05, 0) is 13.8 Å². The molecule has 1 aliphatic heterocycles. The van der Waals surface area contributed by atoms with Crippen LogP contribution >= 0.6 is 0 Å². The maximum Gasteiger partial charge on any atom is 0.226 e. The summed E-state index contributed by atoms with van der Waals surface area (Å²) in [5.74, 6) is 0.665. The molecule has 3 heterocycles. The van der Waals surface area contributed by atoms with E-state index in [1.807, 2.05) is 31.3 Å². The highest BCUT2D eigenvalue weighted by Gasteiger charge is 2.34. The van der Waals surface area contributed by atoms with Gasteiger partial charge >= 0.3 is 0 Å². The summed E-state index contributed by atoms with van der Waals surface area (Å²) in [6.07, 6.45) is 3.32. The lowest BCUT2D eigenvalue weighted by Crippen LogP contribution is -2.31. The average Bonchev–Trinajstić information content (AvgIpc) is 2.85. The van der Waals surface area contributed by atoms with Gasteiger partial charge in [0.2, 0.25) is 11.6 Å². The Morgan fingerprint density at radius 1 is 1.47 bits per heavy atom. The Kier molecular flexibility index (Phi) is 2.63. The molecule has 6 heteroatoms. The molecule has 1 unspecified atom stereocenters. The van der Waals surface area contributed by atoms with Gasteiger partial charge in [0, 0.05) is 23.4 Å². The van der Waals surface area contributed by atoms with Gasteiger partial charge in [0.1, 0.15) is 6.33 Å². The molecule has 0 bridgehead atoms. The number of nitrogens with zero attached hydrogens (tertiary/aromatic N) is 3. The van der Waals surface area contributed by atoms with Crippen molar-refractivity contribution in [2.75, 3.05) is 5.32 Å². The molecule has 0 fully saturated rings. The molecule has 0 saturated heterocycles. The van der Waals surface area contributed by atoms with E-state index >= 15 is 0 Å². The number of anilines is 1. The van der Waals surface area contributed by atoms with Crippen molar-refractivity contribution in [1.82, 2.24) is 14.8 Å². The quantitative estimate of drug-likeness (QED) is 0.868. The Hall–Kier alpha value is -2.50. The first-order valence-corrected chi connectivity index (χ1v) is 6.03. The molecular formula is C13H14N5O+. The van der Waals surface area contributed by atoms with Gasteiger partial charge in [-0.1, -0.05) is 6.07 Å². The fourth-order valence-corrected chi connectivity index (χ4v) is 2.41. The van der Waals surface area contributed by atoms with Crippen molar-refractivity contribution in [2.45, 2.75) is 19.9 Å². The van der Waals surface area contributed by atoms with E-state index in [0.717, 1.165) is 11.4 Å². The number of aromatic nitrogens is 4. The number of carbonyl (C=O) groups is 1. The Labute approximate surface area is 110 Å². The zero-order valence-electron chi connectivity index (χ0n) is 10.7. The zero-order chi connectivity index (χ0) is 13.4. The smallest absolute Gasteiger partial charge is 0.226 e. The van der Waals surface area contributed by atoms with Gasteiger partial charge in [-0.15, -0.1) is 0 Å². The summed E-state index contributed by atoms with van der Waals surface area (Å²) >= 11 is 0. The zero-order valence-corrected chi connectivity index (χ0v) is 10.7. The van der Waals surface area contributed by atoms with Crippen LogP contribution in [0.5, 0.6) is 0 Å². The van der Waals surface area contributed by atoms with Crippen LogP contribution in [0.4, 0.5) is 5.95 Å². The van der Waals surface area contributed by atoms with Crippen molar-refractivity contribution in [3.63, 3.8) is 0 Å². The highest BCUT2D eigenvalue weighted by atomic mass is 16.1. The largest absolute Gasteiger partial charge is 0.328 e. The second-order valence-corrected chi connectivity index (χ2v) is 4.47. The summed E-state index contributed by atoms with van der Waals surface area (Å²) in [6, 6.07) is 5.50. The molecule has 19 heavy (non-hydrogen) atoms. The lowest BCUT2D eigenvalue weighted by atomic mass is 9.96. The van der Waals surface area contributed by atoms with Crippen molar-refractivity contribution >= 4 is 11.7 Å². The number of pyridine rings is 1. The summed E-state index contributed by atoms with van der Waals surface area (Å²) in [4.78, 5) is 19.3. The van der Waals surface area contributed by atoms with Crippen LogP contribution in [0, 0.1) is 0 Å². The lowest BCUT2D eigenvalue weighted by molar-refractivity contribution is -0.393. The fraction of sp³-hybridized carbons (Fsp3) is 0.231. The lowest BCUT2D eigenvalue weighted by Gasteiger charge is -2.25. The van der Waals surface area contributed by atoms with E-state index in [9.17, 15) is 4.79 Å². The maximum absolute atomic E-state index is 12.0. The first-order valence-electron chi connectivity index (χ1n) is 6.03. The molecule has 0 aliphatic carbocycles. The predicted molar refractivity (Wildman–Crippen MR) is 68.2 cm³/mol. The van der Waals surface area contributed by atoms with Crippen LogP contribution < -0.4 is 10.3 Å². The molecular weight excluding hydrogens is 242 g/mol. The summed E-state index contributed by atoms with van der Waals surface area (Å²) < 4.78 is 1.72. The van der Waals surface area contributed by atoms with Gasteiger partial charge in [0.15, 0.2) is 18.0 Å². The third-order valence-corrected chi connectivity index (χ3v) is 3.20. The number of nitrogens with one attached hydrogen (secondary N) is 2. The van der Waals surface area contributed by atoms with Crippen molar-refractivity contribution in [1.29, 1.82) is 0 Å². The van der Waals surface area contributed by atoms with Gasteiger partial charge in [0.25, 0.3) is 0 Å². The van der Waals surface area contributed by atoms with E-state index < -0.39 is 0 Å². The molecule has 0 aromatic carbocycles. The molecule has 96 valence electrons. The van der Waals surface area contributed by atoms with Crippen LogP contribution in [0.1, 0.15) is 25.6 Å². The summed E-state index contributed by atoms with van der Waals surface area (Å²) in [6.45, 7) is 3.45. The normalized spacial score (nSPS) is 17.9. The number of aromatic amines is 1. The topological polar surface area (TPSA) is 74.0 Å². The number of Topliss-reactive ketones (excluding diaryl/α,β-unsaturated/α-hetero) is 1. The third kappa shape index (κ3) is 1.81. The number of fused-ring (bicyclic) bond motifs is 1. The molecule has 2 N–H and O–H groups in total. The van der Waals surface area contributed by atoms with Crippen LogP contribution in [0.3, 0.4) is 0 Å². The van der Waals surface area contributed by atoms with Crippen LogP contribution in [0.2, 0.25) is 0 Å². The Morgan fingerprint density at radius 3 is 3.00 bits per heavy atom. The van der Waals surface area contributed by atoms with Gasteiger partial charge in [-0.25, -0.2) is 9.67 Å². The predicted octanol–water partition coefficient (Wildman–Crippen LogP) is 0.970. The second-order valence-electron chi connectivity index (χ2n) is 4.47. The number of hydrogen-bond acceptors (Lipinski definition) is 4. The molecule has 0 radical (unpaired) electrons. The number of rotatable bonds is 2. The third-order valence-electron chi connectivity index (χ3n) is 3.20. The van der Waals surface area contributed by atoms with Crippen molar-refractivity contribution in [2.24, 2.45) is 0 Å². The van der Waals surface area contributed by atoms with Crippen LogP contribution in [-0.2, 0) is 4.79 Å². The number of carbonyl (C=O) groups excluding carboxylic acids is 1. The van der Waals surface area contributed by atoms with E-state index in [1.54, 1.807) is 11.6 Å². The van der Waals surface area contributed by atoms with Crippen LogP contribution in [0.25, 0.3) is 0 Å². The van der Waals surface area contributed by atoms with Gasteiger partial charge in [0.05, 0.1) is 0 Å². The Morgan fingerprint density at radius 2 is 2.32 bits per heavy atom. The Bertz CT molecular complexity index is 659. The maximum atomic E-state index is 12.0. The highest BCUT2D eigenvalue weighted by Crippen LogP contribution is 2.32. The summed E-state index contributed by atoms with van der Waals surface area (Å²) in [5.41, 5.74) is 2.41. The molecule has 2 aromatic rings. The SMILES string of the molecule is CC(=O)C1=C(C)Nc2ncnn2C1c1cccc[nH+]1. The van der Waals surface area contributed by atoms with E-state index in [1.165, 1.54) is 6.33 Å². The first kappa shape index (κ1) is 11.6. The summed E-state index contributed by atoms with van der Waals surface area (Å²) in [7, 11) is 0. The minimum atomic E-state index is -0.266. The monoisotopic (exact) mass is 256 g/mol. The molecule has 3 rings (SSSR count). The van der Waals surface area contributed by atoms with E-state index in [-0.39, 0.29) is 11.8 Å². The number of H-pyrrole nitrogens is 1. The van der Waals surface area contributed by atoms with Gasteiger partial charge in [-0.2, -0.15) is 10.1 Å². The molecule has 1 aliphatic rings. The first-order chi connectivity index (χ1) is 9.18. The van der Waals surface area contributed by atoms with Crippen LogP contribution in [-0.4, -0.2) is 20.5 Å². The minimum absolute atomic E-state index is 0.0217. The molecule has 6 nitrogen and oxygen atoms in total. The number of allylic oxidation sites excluding steroid dienone is 2. The standard InChI is InChI=1S/C13H13N5O/c1-8-11(9(2)19)12(10-5-3-4-6-14-10)18-13(17-8)15-7-16-18/h3-7,12H,1-2H3,(H,15,16,17)/p+1. The summed E-state index contributed by atoms with van der Waals surface area (Å²) in [5, 5.41) is 7.32.